The number of amides is 1. The summed E-state index contributed by atoms with van der Waals surface area (Å²) in [5.74, 6) is -1.19. The van der Waals surface area contributed by atoms with Crippen molar-refractivity contribution in [2.45, 2.75) is 12.7 Å². The summed E-state index contributed by atoms with van der Waals surface area (Å²) in [5.41, 5.74) is 10.6. The van der Waals surface area contributed by atoms with Crippen molar-refractivity contribution in [2.24, 2.45) is 16.5 Å². The number of carbonyl (C=O) groups excluding carboxylic acids is 1. The van der Waals surface area contributed by atoms with Crippen LogP contribution in [-0.2, 0) is 12.7 Å². The molecule has 0 bridgehead atoms. The second-order valence-electron chi connectivity index (χ2n) is 5.34. The maximum atomic E-state index is 13.2. The van der Waals surface area contributed by atoms with Gasteiger partial charge in [-0.15, -0.1) is 0 Å². The van der Waals surface area contributed by atoms with Gasteiger partial charge in [0.1, 0.15) is 5.69 Å². The topological polar surface area (TPSA) is 89.6 Å². The molecular weight excluding hydrogens is 311 g/mol. The summed E-state index contributed by atoms with van der Waals surface area (Å²) in [6.07, 6.45) is -4.52. The molecule has 1 aliphatic rings. The summed E-state index contributed by atoms with van der Waals surface area (Å²) in [6, 6.07) is 3.64. The van der Waals surface area contributed by atoms with Crippen LogP contribution in [0.1, 0.15) is 16.1 Å². The lowest BCUT2D eigenvalue weighted by molar-refractivity contribution is -0.136. The van der Waals surface area contributed by atoms with Crippen LogP contribution in [0.15, 0.2) is 23.2 Å². The number of guanidine groups is 1. The van der Waals surface area contributed by atoms with Crippen molar-refractivity contribution in [1.82, 2.24) is 4.57 Å². The molecule has 0 saturated heterocycles. The SMILES string of the molecule is CN1CCn2c(C(=O)N=C(N)N)cc3c(C(F)(F)F)ccc1c32. The molecule has 6 nitrogen and oxygen atoms in total. The zero-order valence-corrected chi connectivity index (χ0v) is 12.2. The van der Waals surface area contributed by atoms with Gasteiger partial charge < -0.3 is 20.9 Å². The van der Waals surface area contributed by atoms with Crippen LogP contribution in [0.2, 0.25) is 0 Å². The number of hydrogen-bond donors (Lipinski definition) is 2. The number of benzene rings is 1. The van der Waals surface area contributed by atoms with Gasteiger partial charge in [0.15, 0.2) is 5.96 Å². The fourth-order valence-corrected chi connectivity index (χ4v) is 2.87. The summed E-state index contributed by atoms with van der Waals surface area (Å²) < 4.78 is 41.3. The smallest absolute Gasteiger partial charge is 0.371 e. The Morgan fingerprint density at radius 3 is 2.57 bits per heavy atom. The Bertz CT molecular complexity index is 833. The molecule has 0 fully saturated rings. The molecule has 0 saturated carbocycles. The molecule has 0 unspecified atom stereocenters. The normalized spacial score (nSPS) is 14.2. The largest absolute Gasteiger partial charge is 0.417 e. The first-order valence-electron chi connectivity index (χ1n) is 6.78. The van der Waals surface area contributed by atoms with Crippen molar-refractivity contribution in [1.29, 1.82) is 0 Å². The van der Waals surface area contributed by atoms with Crippen LogP contribution in [0.4, 0.5) is 18.9 Å². The van der Waals surface area contributed by atoms with E-state index in [9.17, 15) is 18.0 Å². The molecule has 1 aliphatic heterocycles. The highest BCUT2D eigenvalue weighted by Gasteiger charge is 2.35. The van der Waals surface area contributed by atoms with Crippen molar-refractivity contribution < 1.29 is 18.0 Å². The minimum atomic E-state index is -4.52. The van der Waals surface area contributed by atoms with E-state index >= 15 is 0 Å². The highest BCUT2D eigenvalue weighted by molar-refractivity contribution is 6.07. The van der Waals surface area contributed by atoms with Gasteiger partial charge in [0.2, 0.25) is 0 Å². The van der Waals surface area contributed by atoms with Gasteiger partial charge in [-0.2, -0.15) is 18.2 Å². The number of carbonyl (C=O) groups is 1. The summed E-state index contributed by atoms with van der Waals surface area (Å²) in [5, 5.41) is -0.0318. The van der Waals surface area contributed by atoms with Crippen LogP contribution < -0.4 is 16.4 Å². The van der Waals surface area contributed by atoms with E-state index in [0.717, 1.165) is 6.07 Å². The van der Waals surface area contributed by atoms with Crippen molar-refractivity contribution >= 4 is 28.5 Å². The number of nitrogens with two attached hydrogens (primary N) is 2. The van der Waals surface area contributed by atoms with Crippen LogP contribution in [0.5, 0.6) is 0 Å². The highest BCUT2D eigenvalue weighted by Crippen LogP contribution is 2.41. The minimum Gasteiger partial charge on any atom is -0.371 e. The monoisotopic (exact) mass is 325 g/mol. The maximum Gasteiger partial charge on any atom is 0.417 e. The van der Waals surface area contributed by atoms with Crippen LogP contribution in [0.3, 0.4) is 0 Å². The fourth-order valence-electron chi connectivity index (χ4n) is 2.87. The molecule has 0 aliphatic carbocycles. The first kappa shape index (κ1) is 15.2. The number of alkyl halides is 3. The van der Waals surface area contributed by atoms with Gasteiger partial charge in [-0.05, 0) is 18.2 Å². The molecule has 1 aromatic carbocycles. The first-order chi connectivity index (χ1) is 10.7. The number of likely N-dealkylation sites (N-methyl/N-ethyl adjacent to an activating group) is 1. The molecule has 3 rings (SSSR count). The Balaban J connectivity index is 2.34. The van der Waals surface area contributed by atoms with Gasteiger partial charge in [-0.25, -0.2) is 0 Å². The van der Waals surface area contributed by atoms with Crippen molar-refractivity contribution in [2.75, 3.05) is 18.5 Å². The standard InChI is InChI=1S/C14H14F3N5O/c1-21-4-5-22-10(12(23)20-13(18)19)6-7-8(14(15,16)17)2-3-9(21)11(7)22/h2-3,6H,4-5H2,1H3,(H4,18,19,20,23). The molecule has 0 atom stereocenters. The number of nitrogens with zero attached hydrogens (tertiary/aromatic N) is 3. The second-order valence-corrected chi connectivity index (χ2v) is 5.34. The fraction of sp³-hybridized carbons (Fsp3) is 0.286. The van der Waals surface area contributed by atoms with Gasteiger partial charge >= 0.3 is 6.18 Å². The van der Waals surface area contributed by atoms with E-state index in [4.69, 9.17) is 11.5 Å². The molecule has 0 radical (unpaired) electrons. The maximum absolute atomic E-state index is 13.2. The summed E-state index contributed by atoms with van der Waals surface area (Å²) in [4.78, 5) is 17.4. The minimum absolute atomic E-state index is 0.0318. The molecule has 2 heterocycles. The Morgan fingerprint density at radius 1 is 1.26 bits per heavy atom. The van der Waals surface area contributed by atoms with Crippen molar-refractivity contribution in [3.05, 3.63) is 29.5 Å². The predicted octanol–water partition coefficient (Wildman–Crippen LogP) is 1.52. The molecule has 2 aromatic rings. The number of rotatable bonds is 1. The number of anilines is 1. The average molecular weight is 325 g/mol. The lowest BCUT2D eigenvalue weighted by Crippen LogP contribution is -2.29. The van der Waals surface area contributed by atoms with E-state index in [1.165, 1.54) is 16.7 Å². The number of aliphatic imine (C=N–C) groups is 1. The van der Waals surface area contributed by atoms with Crippen LogP contribution >= 0.6 is 0 Å². The van der Waals surface area contributed by atoms with Crippen LogP contribution in [0.25, 0.3) is 10.9 Å². The zero-order valence-electron chi connectivity index (χ0n) is 12.2. The van der Waals surface area contributed by atoms with Crippen LogP contribution in [-0.4, -0.2) is 30.0 Å². The van der Waals surface area contributed by atoms with Gasteiger partial charge in [0.05, 0.1) is 16.8 Å². The summed E-state index contributed by atoms with van der Waals surface area (Å²) >= 11 is 0. The summed E-state index contributed by atoms with van der Waals surface area (Å²) in [6.45, 7) is 0.930. The Hall–Kier alpha value is -2.71. The lowest BCUT2D eigenvalue weighted by Gasteiger charge is -2.28. The molecule has 4 N–H and O–H groups in total. The molecule has 0 spiro atoms. The highest BCUT2D eigenvalue weighted by atomic mass is 19.4. The molecule has 9 heteroatoms. The molecule has 1 amide bonds. The average Bonchev–Trinajstić information content (AvgIpc) is 2.81. The lowest BCUT2D eigenvalue weighted by atomic mass is 10.1. The Kier molecular flexibility index (Phi) is 3.24. The molecule has 23 heavy (non-hydrogen) atoms. The number of hydrogen-bond acceptors (Lipinski definition) is 2. The van der Waals surface area contributed by atoms with E-state index in [0.29, 0.717) is 24.3 Å². The van der Waals surface area contributed by atoms with Crippen LogP contribution in [0, 0.1) is 0 Å². The molecular formula is C14H14F3N5O. The van der Waals surface area contributed by atoms with Gasteiger partial charge in [-0.3, -0.25) is 4.79 Å². The van der Waals surface area contributed by atoms with Gasteiger partial charge in [0.25, 0.3) is 5.91 Å². The van der Waals surface area contributed by atoms with E-state index in [-0.39, 0.29) is 11.1 Å². The third kappa shape index (κ3) is 2.37. The second kappa shape index (κ2) is 4.90. The van der Waals surface area contributed by atoms with Crippen molar-refractivity contribution in [3.63, 3.8) is 0 Å². The Labute approximate surface area is 129 Å². The number of aromatic nitrogens is 1. The molecule has 1 aromatic heterocycles. The van der Waals surface area contributed by atoms with Crippen molar-refractivity contribution in [3.8, 4) is 0 Å². The van der Waals surface area contributed by atoms with E-state index in [1.807, 2.05) is 4.90 Å². The van der Waals surface area contributed by atoms with E-state index in [2.05, 4.69) is 4.99 Å². The first-order valence-corrected chi connectivity index (χ1v) is 6.78. The van der Waals surface area contributed by atoms with Gasteiger partial charge in [0, 0.05) is 25.5 Å². The quantitative estimate of drug-likeness (QED) is 0.614. The zero-order chi connectivity index (χ0) is 16.9. The third-order valence-electron chi connectivity index (χ3n) is 3.86. The van der Waals surface area contributed by atoms with E-state index in [1.54, 1.807) is 7.05 Å². The molecule has 122 valence electrons. The number of halogens is 3. The van der Waals surface area contributed by atoms with Gasteiger partial charge in [-0.1, -0.05) is 0 Å². The summed E-state index contributed by atoms with van der Waals surface area (Å²) in [7, 11) is 1.79. The van der Waals surface area contributed by atoms with E-state index < -0.39 is 23.6 Å². The predicted molar refractivity (Wildman–Crippen MR) is 80.4 cm³/mol. The Morgan fingerprint density at radius 2 is 1.96 bits per heavy atom. The third-order valence-corrected chi connectivity index (χ3v) is 3.86.